The summed E-state index contributed by atoms with van der Waals surface area (Å²) in [6.07, 6.45) is 2.65. The minimum Gasteiger partial charge on any atom is -0.378 e. The number of rotatable bonds is 4. The van der Waals surface area contributed by atoms with Gasteiger partial charge in [0, 0.05) is 22.6 Å². The molecule has 0 aliphatic heterocycles. The van der Waals surface area contributed by atoms with Crippen LogP contribution in [-0.2, 0) is 6.54 Å². The van der Waals surface area contributed by atoms with Crippen molar-refractivity contribution < 1.29 is 8.78 Å². The number of hydrogen-bond acceptors (Lipinski definition) is 2. The molecule has 0 atom stereocenters. The van der Waals surface area contributed by atoms with Gasteiger partial charge < -0.3 is 5.32 Å². The molecule has 0 spiro atoms. The van der Waals surface area contributed by atoms with Crippen LogP contribution >= 0.6 is 15.9 Å². The van der Waals surface area contributed by atoms with E-state index in [1.165, 1.54) is 12.4 Å². The van der Waals surface area contributed by atoms with Crippen LogP contribution in [0.2, 0.25) is 0 Å². The van der Waals surface area contributed by atoms with Crippen LogP contribution in [0.15, 0.2) is 35.1 Å². The molecule has 0 unspecified atom stereocenters. The molecule has 0 fully saturated rings. The summed E-state index contributed by atoms with van der Waals surface area (Å²) in [4.78, 5) is 3.91. The molecule has 1 heterocycles. The van der Waals surface area contributed by atoms with Crippen LogP contribution in [0.5, 0.6) is 0 Å². The van der Waals surface area contributed by atoms with Gasteiger partial charge in [-0.25, -0.2) is 4.98 Å². The molecule has 3 nitrogen and oxygen atoms in total. The molecule has 96 valence electrons. The van der Waals surface area contributed by atoms with Crippen LogP contribution in [0.25, 0.3) is 0 Å². The average Bonchev–Trinajstić information content (AvgIpc) is 2.76. The molecular formula is C12H12BrF2N3. The van der Waals surface area contributed by atoms with Crippen LogP contribution in [-0.4, -0.2) is 9.55 Å². The molecule has 1 aromatic carbocycles. The highest BCUT2D eigenvalue weighted by atomic mass is 79.9. The molecule has 0 saturated carbocycles. The molecule has 0 aliphatic rings. The monoisotopic (exact) mass is 315 g/mol. The maximum atomic E-state index is 12.6. The number of benzene rings is 1. The van der Waals surface area contributed by atoms with Crippen LogP contribution < -0.4 is 5.32 Å². The number of anilines is 1. The quantitative estimate of drug-likeness (QED) is 0.925. The van der Waals surface area contributed by atoms with Gasteiger partial charge in [0.1, 0.15) is 5.82 Å². The minimum absolute atomic E-state index is 0.264. The van der Waals surface area contributed by atoms with E-state index < -0.39 is 6.55 Å². The first kappa shape index (κ1) is 13.0. The molecule has 6 heteroatoms. The van der Waals surface area contributed by atoms with Gasteiger partial charge in [0.25, 0.3) is 0 Å². The molecular weight excluding hydrogens is 304 g/mol. The van der Waals surface area contributed by atoms with Gasteiger partial charge >= 0.3 is 6.55 Å². The van der Waals surface area contributed by atoms with E-state index >= 15 is 0 Å². The Morgan fingerprint density at radius 1 is 1.44 bits per heavy atom. The standard InChI is InChI=1S/C12H12BrF2N3/c1-8-6-9(13)2-3-10(8)17-7-11-16-4-5-18(11)12(14)15/h2-6,12,17H,7H2,1H3. The summed E-state index contributed by atoms with van der Waals surface area (Å²) in [6, 6.07) is 5.76. The Morgan fingerprint density at radius 3 is 2.89 bits per heavy atom. The molecule has 0 radical (unpaired) electrons. The van der Waals surface area contributed by atoms with Gasteiger partial charge in [0.05, 0.1) is 6.54 Å². The summed E-state index contributed by atoms with van der Waals surface area (Å²) in [5.41, 5.74) is 1.95. The fourth-order valence-electron chi connectivity index (χ4n) is 1.66. The molecule has 0 saturated heterocycles. The first-order chi connectivity index (χ1) is 8.58. The number of imidazole rings is 1. The smallest absolute Gasteiger partial charge is 0.319 e. The second kappa shape index (κ2) is 5.48. The number of nitrogens with zero attached hydrogens (tertiary/aromatic N) is 2. The Balaban J connectivity index is 2.09. The lowest BCUT2D eigenvalue weighted by Crippen LogP contribution is -2.09. The van der Waals surface area contributed by atoms with Crippen molar-refractivity contribution in [3.05, 3.63) is 46.5 Å². The molecule has 1 aromatic heterocycles. The fourth-order valence-corrected chi connectivity index (χ4v) is 2.13. The van der Waals surface area contributed by atoms with E-state index in [1.807, 2.05) is 25.1 Å². The third-order valence-electron chi connectivity index (χ3n) is 2.58. The summed E-state index contributed by atoms with van der Waals surface area (Å²) in [7, 11) is 0. The van der Waals surface area contributed by atoms with Crippen molar-refractivity contribution in [2.24, 2.45) is 0 Å². The lowest BCUT2D eigenvalue weighted by atomic mass is 10.2. The number of hydrogen-bond donors (Lipinski definition) is 1. The first-order valence-electron chi connectivity index (χ1n) is 5.38. The number of aryl methyl sites for hydroxylation is 1. The van der Waals surface area contributed by atoms with Crippen molar-refractivity contribution in [2.75, 3.05) is 5.32 Å². The Labute approximate surface area is 112 Å². The number of aromatic nitrogens is 2. The van der Waals surface area contributed by atoms with Crippen molar-refractivity contribution in [2.45, 2.75) is 20.0 Å². The van der Waals surface area contributed by atoms with E-state index in [0.717, 1.165) is 20.3 Å². The fraction of sp³-hybridized carbons (Fsp3) is 0.250. The van der Waals surface area contributed by atoms with E-state index in [2.05, 4.69) is 26.2 Å². The summed E-state index contributed by atoms with van der Waals surface area (Å²) in [5, 5.41) is 3.10. The predicted molar refractivity (Wildman–Crippen MR) is 69.7 cm³/mol. The third-order valence-corrected chi connectivity index (χ3v) is 3.08. The SMILES string of the molecule is Cc1cc(Br)ccc1NCc1nccn1C(F)F. The van der Waals surface area contributed by atoms with Gasteiger partial charge in [-0.1, -0.05) is 15.9 Å². The minimum atomic E-state index is -2.56. The van der Waals surface area contributed by atoms with Crippen molar-refractivity contribution in [1.82, 2.24) is 9.55 Å². The van der Waals surface area contributed by atoms with Gasteiger partial charge in [-0.15, -0.1) is 0 Å². The van der Waals surface area contributed by atoms with Gasteiger partial charge in [-0.3, -0.25) is 4.57 Å². The van der Waals surface area contributed by atoms with Crippen molar-refractivity contribution in [3.8, 4) is 0 Å². The van der Waals surface area contributed by atoms with E-state index in [0.29, 0.717) is 5.82 Å². The van der Waals surface area contributed by atoms with E-state index in [9.17, 15) is 8.78 Å². The molecule has 18 heavy (non-hydrogen) atoms. The highest BCUT2D eigenvalue weighted by Gasteiger charge is 2.11. The van der Waals surface area contributed by atoms with Crippen LogP contribution in [0.4, 0.5) is 14.5 Å². The third kappa shape index (κ3) is 2.87. The van der Waals surface area contributed by atoms with Gasteiger partial charge in [-0.2, -0.15) is 8.78 Å². The molecule has 2 rings (SSSR count). The van der Waals surface area contributed by atoms with Gasteiger partial charge in [0.15, 0.2) is 0 Å². The van der Waals surface area contributed by atoms with Crippen molar-refractivity contribution in [1.29, 1.82) is 0 Å². The molecule has 0 aliphatic carbocycles. The molecule has 0 amide bonds. The Hall–Kier alpha value is -1.43. The lowest BCUT2D eigenvalue weighted by Gasteiger charge is -2.11. The molecule has 2 aromatic rings. The topological polar surface area (TPSA) is 29.9 Å². The summed E-state index contributed by atoms with van der Waals surface area (Å²) >= 11 is 3.37. The Kier molecular flexibility index (Phi) is 3.96. The Morgan fingerprint density at radius 2 is 2.22 bits per heavy atom. The maximum absolute atomic E-state index is 12.6. The highest BCUT2D eigenvalue weighted by Crippen LogP contribution is 2.21. The number of alkyl halides is 2. The molecule has 0 bridgehead atoms. The zero-order valence-corrected chi connectivity index (χ0v) is 11.3. The van der Waals surface area contributed by atoms with E-state index in [1.54, 1.807) is 0 Å². The largest absolute Gasteiger partial charge is 0.378 e. The zero-order valence-electron chi connectivity index (χ0n) is 9.70. The normalized spacial score (nSPS) is 10.9. The Bertz CT molecular complexity index is 540. The van der Waals surface area contributed by atoms with Crippen LogP contribution in [0.3, 0.4) is 0 Å². The predicted octanol–water partition coefficient (Wildman–Crippen LogP) is 3.96. The van der Waals surface area contributed by atoms with Gasteiger partial charge in [-0.05, 0) is 30.7 Å². The van der Waals surface area contributed by atoms with E-state index in [-0.39, 0.29) is 6.54 Å². The maximum Gasteiger partial charge on any atom is 0.319 e. The van der Waals surface area contributed by atoms with Gasteiger partial charge in [0.2, 0.25) is 0 Å². The summed E-state index contributed by atoms with van der Waals surface area (Å²) < 4.78 is 27.0. The van der Waals surface area contributed by atoms with E-state index in [4.69, 9.17) is 0 Å². The second-order valence-electron chi connectivity index (χ2n) is 3.84. The zero-order chi connectivity index (χ0) is 13.1. The number of halogens is 3. The highest BCUT2D eigenvalue weighted by molar-refractivity contribution is 9.10. The average molecular weight is 316 g/mol. The number of nitrogens with one attached hydrogen (secondary N) is 1. The van der Waals surface area contributed by atoms with Crippen LogP contribution in [0.1, 0.15) is 17.9 Å². The first-order valence-corrected chi connectivity index (χ1v) is 6.17. The lowest BCUT2D eigenvalue weighted by molar-refractivity contribution is 0.0673. The molecule has 1 N–H and O–H groups in total. The summed E-state index contributed by atoms with van der Waals surface area (Å²) in [6.45, 7) is -0.345. The van der Waals surface area contributed by atoms with Crippen LogP contribution in [0, 0.1) is 6.92 Å². The van der Waals surface area contributed by atoms with Crippen molar-refractivity contribution in [3.63, 3.8) is 0 Å². The second-order valence-corrected chi connectivity index (χ2v) is 4.76. The summed E-state index contributed by atoms with van der Waals surface area (Å²) in [5.74, 6) is 0.312. The van der Waals surface area contributed by atoms with Crippen molar-refractivity contribution >= 4 is 21.6 Å².